The van der Waals surface area contributed by atoms with Crippen LogP contribution in [0.1, 0.15) is 6.42 Å². The van der Waals surface area contributed by atoms with Crippen LogP contribution in [0.4, 0.5) is 4.79 Å². The predicted molar refractivity (Wildman–Crippen MR) is 48.9 cm³/mol. The number of hydrogen-bond acceptors (Lipinski definition) is 4. The molecule has 0 rings (SSSR count). The zero-order valence-corrected chi connectivity index (χ0v) is 7.90. The van der Waals surface area contributed by atoms with Crippen molar-refractivity contribution in [2.45, 2.75) is 12.5 Å². The lowest BCUT2D eigenvalue weighted by atomic mass is 10.3. The van der Waals surface area contributed by atoms with Gasteiger partial charge in [-0.15, -0.1) is 0 Å². The van der Waals surface area contributed by atoms with Crippen LogP contribution in [0.5, 0.6) is 0 Å². The summed E-state index contributed by atoms with van der Waals surface area (Å²) in [5.74, 6) is -1.98. The van der Waals surface area contributed by atoms with Crippen molar-refractivity contribution in [3.63, 3.8) is 0 Å². The largest absolute Gasteiger partial charge is 0.479 e. The van der Waals surface area contributed by atoms with Crippen LogP contribution in [0.15, 0.2) is 0 Å². The van der Waals surface area contributed by atoms with Gasteiger partial charge in [-0.2, -0.15) is 0 Å². The molecule has 1 unspecified atom stereocenters. The minimum atomic E-state index is -1.65. The number of carbonyl (C=O) groups excluding carboxylic acids is 2. The molecule has 0 aliphatic rings. The number of carbonyl (C=O) groups is 3. The van der Waals surface area contributed by atoms with Crippen LogP contribution >= 0.6 is 0 Å². The Bertz CT molecular complexity index is 255. The molecular weight excluding hydrogens is 206 g/mol. The van der Waals surface area contributed by atoms with Gasteiger partial charge in [0.1, 0.15) is 0 Å². The van der Waals surface area contributed by atoms with Gasteiger partial charge in [-0.1, -0.05) is 0 Å². The molecule has 86 valence electrons. The van der Waals surface area contributed by atoms with E-state index in [2.05, 4.69) is 10.6 Å². The van der Waals surface area contributed by atoms with Crippen LogP contribution in [0, 0.1) is 0 Å². The summed E-state index contributed by atoms with van der Waals surface area (Å²) in [6.45, 7) is -0.345. The maximum absolute atomic E-state index is 10.9. The fraction of sp³-hybridized carbons (Fsp3) is 0.571. The van der Waals surface area contributed by atoms with Gasteiger partial charge in [-0.25, -0.2) is 9.59 Å². The molecule has 0 radical (unpaired) electrons. The number of aliphatic hydroxyl groups is 1. The van der Waals surface area contributed by atoms with Gasteiger partial charge in [0.15, 0.2) is 6.10 Å². The highest BCUT2D eigenvalue weighted by atomic mass is 16.4. The number of nitrogens with one attached hydrogen (secondary N) is 2. The molecular formula is C7H13N3O5. The van der Waals surface area contributed by atoms with Gasteiger partial charge >= 0.3 is 12.0 Å². The summed E-state index contributed by atoms with van der Waals surface area (Å²) < 4.78 is 0. The third-order valence-electron chi connectivity index (χ3n) is 1.40. The van der Waals surface area contributed by atoms with E-state index in [1.54, 1.807) is 0 Å². The molecule has 0 heterocycles. The SMILES string of the molecule is NC(=O)CCNC(=O)NCC(O)C(=O)O. The van der Waals surface area contributed by atoms with E-state index in [0.717, 1.165) is 0 Å². The van der Waals surface area contributed by atoms with Gasteiger partial charge in [0.05, 0.1) is 6.54 Å². The average Bonchev–Trinajstić information content (AvgIpc) is 2.13. The van der Waals surface area contributed by atoms with Gasteiger partial charge in [0.25, 0.3) is 0 Å². The topological polar surface area (TPSA) is 142 Å². The van der Waals surface area contributed by atoms with Crippen molar-refractivity contribution < 1.29 is 24.6 Å². The number of amides is 3. The number of primary amides is 1. The second-order valence-corrected chi connectivity index (χ2v) is 2.71. The first kappa shape index (κ1) is 13.2. The lowest BCUT2D eigenvalue weighted by Crippen LogP contribution is -2.42. The number of carboxylic acids is 1. The Labute approximate surface area is 85.4 Å². The van der Waals surface area contributed by atoms with Crippen molar-refractivity contribution in [1.29, 1.82) is 0 Å². The molecule has 0 fully saturated rings. The summed E-state index contributed by atoms with van der Waals surface area (Å²) in [4.78, 5) is 31.3. The Kier molecular flexibility index (Phi) is 5.79. The first-order valence-electron chi connectivity index (χ1n) is 4.14. The van der Waals surface area contributed by atoms with E-state index in [-0.39, 0.29) is 13.0 Å². The number of aliphatic carboxylic acids is 1. The Hall–Kier alpha value is -1.83. The summed E-state index contributed by atoms with van der Waals surface area (Å²) in [5.41, 5.74) is 4.81. The molecule has 0 aromatic heterocycles. The smallest absolute Gasteiger partial charge is 0.334 e. The lowest BCUT2D eigenvalue weighted by Gasteiger charge is -2.08. The molecule has 0 spiro atoms. The fourth-order valence-electron chi connectivity index (χ4n) is 0.638. The van der Waals surface area contributed by atoms with Gasteiger partial charge < -0.3 is 26.6 Å². The minimum Gasteiger partial charge on any atom is -0.479 e. The molecule has 1 atom stereocenters. The van der Waals surface area contributed by atoms with Gasteiger partial charge in [0, 0.05) is 13.0 Å². The predicted octanol–water partition coefficient (Wildman–Crippen LogP) is -2.39. The molecule has 6 N–H and O–H groups in total. The van der Waals surface area contributed by atoms with E-state index >= 15 is 0 Å². The Morgan fingerprint density at radius 3 is 2.33 bits per heavy atom. The molecule has 0 aliphatic carbocycles. The maximum atomic E-state index is 10.9. The summed E-state index contributed by atoms with van der Waals surface area (Å²) in [6, 6.07) is -0.670. The zero-order valence-electron chi connectivity index (χ0n) is 7.90. The average molecular weight is 219 g/mol. The summed E-state index contributed by atoms with van der Waals surface area (Å²) >= 11 is 0. The molecule has 8 nitrogen and oxygen atoms in total. The molecule has 0 aliphatic heterocycles. The van der Waals surface area contributed by atoms with E-state index in [4.69, 9.17) is 15.9 Å². The summed E-state index contributed by atoms with van der Waals surface area (Å²) in [5, 5.41) is 21.4. The third kappa shape index (κ3) is 7.26. The first-order chi connectivity index (χ1) is 6.93. The molecule has 0 aromatic rings. The quantitative estimate of drug-likeness (QED) is 0.338. The van der Waals surface area contributed by atoms with Crippen molar-refractivity contribution >= 4 is 17.9 Å². The molecule has 0 aromatic carbocycles. The normalized spacial score (nSPS) is 11.5. The van der Waals surface area contributed by atoms with Gasteiger partial charge in [-0.05, 0) is 0 Å². The maximum Gasteiger partial charge on any atom is 0.334 e. The molecule has 3 amide bonds. The number of hydrogen-bond donors (Lipinski definition) is 5. The van der Waals surface area contributed by atoms with Crippen LogP contribution < -0.4 is 16.4 Å². The van der Waals surface area contributed by atoms with E-state index in [9.17, 15) is 14.4 Å². The molecule has 8 heteroatoms. The highest BCUT2D eigenvalue weighted by Crippen LogP contribution is 1.80. The van der Waals surface area contributed by atoms with E-state index in [1.165, 1.54) is 0 Å². The summed E-state index contributed by atoms with van der Waals surface area (Å²) in [7, 11) is 0. The monoisotopic (exact) mass is 219 g/mol. The number of urea groups is 1. The second kappa shape index (κ2) is 6.60. The number of rotatable bonds is 6. The van der Waals surface area contributed by atoms with Crippen molar-refractivity contribution in [2.24, 2.45) is 5.73 Å². The number of carboxylic acid groups (broad SMARTS) is 1. The molecule has 0 saturated carbocycles. The Morgan fingerprint density at radius 2 is 1.87 bits per heavy atom. The Balaban J connectivity index is 3.57. The second-order valence-electron chi connectivity index (χ2n) is 2.71. The van der Waals surface area contributed by atoms with Crippen molar-refractivity contribution in [3.8, 4) is 0 Å². The van der Waals surface area contributed by atoms with Crippen LogP contribution in [-0.4, -0.2) is 47.3 Å². The summed E-state index contributed by atoms with van der Waals surface area (Å²) in [6.07, 6.45) is -1.65. The Morgan fingerprint density at radius 1 is 1.27 bits per heavy atom. The highest BCUT2D eigenvalue weighted by Gasteiger charge is 2.13. The fourth-order valence-corrected chi connectivity index (χ4v) is 0.638. The van der Waals surface area contributed by atoms with Crippen LogP contribution in [0.3, 0.4) is 0 Å². The van der Waals surface area contributed by atoms with E-state index in [1.807, 2.05) is 0 Å². The minimum absolute atomic E-state index is 0.00506. The molecule has 15 heavy (non-hydrogen) atoms. The lowest BCUT2D eigenvalue weighted by molar-refractivity contribution is -0.146. The highest BCUT2D eigenvalue weighted by molar-refractivity contribution is 5.78. The number of nitrogens with two attached hydrogens (primary N) is 1. The number of aliphatic hydroxyl groups excluding tert-OH is 1. The molecule has 0 bridgehead atoms. The van der Waals surface area contributed by atoms with Crippen LogP contribution in [0.25, 0.3) is 0 Å². The van der Waals surface area contributed by atoms with E-state index < -0.39 is 30.6 Å². The van der Waals surface area contributed by atoms with Crippen LogP contribution in [0.2, 0.25) is 0 Å². The van der Waals surface area contributed by atoms with E-state index in [0.29, 0.717) is 0 Å². The zero-order chi connectivity index (χ0) is 11.8. The van der Waals surface area contributed by atoms with Gasteiger partial charge in [0.2, 0.25) is 5.91 Å². The van der Waals surface area contributed by atoms with Crippen molar-refractivity contribution in [3.05, 3.63) is 0 Å². The van der Waals surface area contributed by atoms with Crippen molar-refractivity contribution in [2.75, 3.05) is 13.1 Å². The standard InChI is InChI=1S/C7H13N3O5/c8-5(12)1-2-9-7(15)10-3-4(11)6(13)14/h4,11H,1-3H2,(H2,8,12)(H,13,14)(H2,9,10,15). The van der Waals surface area contributed by atoms with Gasteiger partial charge in [-0.3, -0.25) is 4.79 Å². The molecule has 0 saturated heterocycles. The van der Waals surface area contributed by atoms with Crippen LogP contribution in [-0.2, 0) is 9.59 Å². The van der Waals surface area contributed by atoms with Crippen molar-refractivity contribution in [1.82, 2.24) is 10.6 Å². The first-order valence-corrected chi connectivity index (χ1v) is 4.14. The third-order valence-corrected chi connectivity index (χ3v) is 1.40.